The molecule has 9 heterocycles. The third kappa shape index (κ3) is 16.9. The highest BCUT2D eigenvalue weighted by Gasteiger charge is 2.27. The van der Waals surface area contributed by atoms with Crippen molar-refractivity contribution in [2.24, 2.45) is 0 Å². The summed E-state index contributed by atoms with van der Waals surface area (Å²) in [7, 11) is 0. The molecule has 0 unspecified atom stereocenters. The van der Waals surface area contributed by atoms with Crippen LogP contribution in [0.5, 0.6) is 0 Å². The van der Waals surface area contributed by atoms with Gasteiger partial charge in [0, 0.05) is 152 Å². The Kier molecular flexibility index (Phi) is 20.3. The maximum absolute atomic E-state index is 13.3. The minimum Gasteiger partial charge on any atom is -0.339 e. The molecule has 3 fully saturated rings. The van der Waals surface area contributed by atoms with Gasteiger partial charge in [-0.05, 0) is 48.5 Å². The van der Waals surface area contributed by atoms with Gasteiger partial charge in [-0.25, -0.2) is 0 Å². The first-order valence-corrected chi connectivity index (χ1v) is 26.2. The quantitative estimate of drug-likeness (QED) is 0.273. The lowest BCUT2D eigenvalue weighted by Crippen LogP contribution is -2.52. The number of rotatable bonds is 5. The van der Waals surface area contributed by atoms with Gasteiger partial charge in [-0.15, -0.1) is 0 Å². The fourth-order valence-electron chi connectivity index (χ4n) is 9.23. The van der Waals surface area contributed by atoms with Gasteiger partial charge in [-0.2, -0.15) is 0 Å². The number of amides is 6. The van der Waals surface area contributed by atoms with Gasteiger partial charge < -0.3 is 40.0 Å². The molecule has 4 aromatic heterocycles. The number of carbonyl (C=O) groups is 6. The van der Waals surface area contributed by atoms with Gasteiger partial charge in [0.1, 0.15) is 0 Å². The van der Waals surface area contributed by atoms with Crippen LogP contribution in [0.3, 0.4) is 0 Å². The standard InChI is InChI=1S/C30H40N8O4.C14H16N4.C8H13BrN2O2/c1-23(39)35-9-13-37(14-10-35)29(41)21-33-17-25-5-3-7-27(31-25)19-34(20-28-8-4-6-26(18-33)32-28)22-30(42)38-15-11-36(12-16-38)24(2)40;1-3-11-7-15-9-13-5-2-6-14(18-13)10-16-8-12(4-1)17-11;1-7(12)10-2-4-11(5-3-10)8(13)6-9/h3-8H,9-22H2,1-2H3;1-6,15-16H,7-10H2;2-6H2,1H3. The van der Waals surface area contributed by atoms with Crippen LogP contribution >= 0.6 is 15.9 Å². The van der Waals surface area contributed by atoms with E-state index in [1.54, 1.807) is 40.4 Å². The molecule has 0 aliphatic carbocycles. The largest absolute Gasteiger partial charge is 0.339 e. The van der Waals surface area contributed by atoms with Crippen molar-refractivity contribution < 1.29 is 28.8 Å². The highest BCUT2D eigenvalue weighted by Crippen LogP contribution is 2.16. The number of carbonyl (C=O) groups excluding carboxylic acids is 6. The maximum atomic E-state index is 13.3. The molecule has 20 nitrogen and oxygen atoms in total. The monoisotopic (exact) mass is 1060 g/mol. The van der Waals surface area contributed by atoms with Crippen molar-refractivity contribution in [3.05, 3.63) is 118 Å². The van der Waals surface area contributed by atoms with E-state index < -0.39 is 0 Å². The summed E-state index contributed by atoms with van der Waals surface area (Å²) in [6, 6.07) is 24.1. The van der Waals surface area contributed by atoms with Crippen LogP contribution in [-0.2, 0) is 81.1 Å². The predicted molar refractivity (Wildman–Crippen MR) is 277 cm³/mol. The molecular formula is C52H69BrN14O6. The number of pyridine rings is 4. The van der Waals surface area contributed by atoms with Crippen molar-refractivity contribution in [2.75, 3.05) is 97.0 Å². The van der Waals surface area contributed by atoms with Crippen molar-refractivity contribution in [3.8, 4) is 0 Å². The van der Waals surface area contributed by atoms with Crippen LogP contribution in [-0.4, -0.2) is 192 Å². The first kappa shape index (κ1) is 54.5. The average molecular weight is 1070 g/mol. The SMILES string of the molecule is CC(=O)N1CCN(C(=O)CBr)CC1.CC(=O)N1CCN(C(=O)CN2Cc3cccc(n3)CN(CC(=O)N3CCN(C(C)=O)CC3)Cc3cccc(n3)C2)CC1.c1cc2nc(c1)CNCc1cccc(n1)CNC2. The van der Waals surface area contributed by atoms with Crippen molar-refractivity contribution in [2.45, 2.75) is 73.1 Å². The fourth-order valence-corrected chi connectivity index (χ4v) is 9.59. The second-order valence-corrected chi connectivity index (χ2v) is 19.3. The lowest BCUT2D eigenvalue weighted by atomic mass is 10.2. The molecule has 73 heavy (non-hydrogen) atoms. The third-order valence-electron chi connectivity index (χ3n) is 13.3. The number of fused-ring (bicyclic) bond motifs is 8. The Morgan fingerprint density at radius 3 is 0.877 bits per heavy atom. The van der Waals surface area contributed by atoms with Gasteiger partial charge >= 0.3 is 0 Å². The predicted octanol–water partition coefficient (Wildman–Crippen LogP) is 1.62. The molecule has 9 rings (SSSR count). The number of hydrogen-bond donors (Lipinski definition) is 2. The number of halogens is 1. The smallest absolute Gasteiger partial charge is 0.236 e. The number of alkyl halides is 1. The number of nitrogens with zero attached hydrogens (tertiary/aromatic N) is 12. The number of hydrogen-bond acceptors (Lipinski definition) is 14. The lowest BCUT2D eigenvalue weighted by molar-refractivity contribution is -0.139. The first-order valence-electron chi connectivity index (χ1n) is 25.1. The second-order valence-electron chi connectivity index (χ2n) is 18.8. The highest BCUT2D eigenvalue weighted by atomic mass is 79.9. The van der Waals surface area contributed by atoms with Crippen molar-refractivity contribution in [1.29, 1.82) is 0 Å². The second kappa shape index (κ2) is 27.2. The minimum atomic E-state index is 0.0337. The highest BCUT2D eigenvalue weighted by molar-refractivity contribution is 9.09. The Morgan fingerprint density at radius 2 is 0.616 bits per heavy atom. The van der Waals surface area contributed by atoms with Gasteiger partial charge in [0.25, 0.3) is 0 Å². The summed E-state index contributed by atoms with van der Waals surface area (Å²) in [5.41, 5.74) is 7.71. The van der Waals surface area contributed by atoms with E-state index in [2.05, 4.69) is 58.5 Å². The Balaban J connectivity index is 0.000000204. The molecule has 5 aliphatic rings. The number of piperazine rings is 3. The molecule has 390 valence electrons. The van der Waals surface area contributed by atoms with Gasteiger partial charge in [-0.1, -0.05) is 40.2 Å². The normalized spacial score (nSPS) is 17.7. The molecule has 0 atom stereocenters. The summed E-state index contributed by atoms with van der Waals surface area (Å²) in [6.45, 7) is 17.2. The van der Waals surface area contributed by atoms with E-state index in [1.165, 1.54) is 0 Å². The molecule has 5 aliphatic heterocycles. The van der Waals surface area contributed by atoms with Crippen LogP contribution in [0.2, 0.25) is 0 Å². The van der Waals surface area contributed by atoms with Gasteiger partial charge in [0.2, 0.25) is 35.4 Å². The molecule has 3 saturated heterocycles. The van der Waals surface area contributed by atoms with Crippen LogP contribution in [0, 0.1) is 0 Å². The van der Waals surface area contributed by atoms with Crippen LogP contribution in [0.1, 0.15) is 66.3 Å². The third-order valence-corrected chi connectivity index (χ3v) is 13.8. The van der Waals surface area contributed by atoms with E-state index in [9.17, 15) is 28.8 Å². The first-order chi connectivity index (χ1) is 35.3. The molecule has 4 aromatic rings. The van der Waals surface area contributed by atoms with Crippen molar-refractivity contribution >= 4 is 51.4 Å². The molecule has 8 bridgehead atoms. The molecule has 2 N–H and O–H groups in total. The maximum Gasteiger partial charge on any atom is 0.236 e. The van der Waals surface area contributed by atoms with Crippen LogP contribution in [0.4, 0.5) is 0 Å². The zero-order chi connectivity index (χ0) is 51.7. The molecule has 0 spiro atoms. The Hall–Kier alpha value is -6.26. The fraction of sp³-hybridized carbons (Fsp3) is 0.500. The van der Waals surface area contributed by atoms with Crippen LogP contribution in [0.25, 0.3) is 0 Å². The van der Waals surface area contributed by atoms with E-state index in [-0.39, 0.29) is 48.5 Å². The topological polar surface area (TPSA) is 204 Å². The summed E-state index contributed by atoms with van der Waals surface area (Å²) in [5, 5.41) is 7.12. The van der Waals surface area contributed by atoms with E-state index in [1.807, 2.05) is 70.5 Å². The molecule has 0 radical (unpaired) electrons. The molecule has 6 amide bonds. The zero-order valence-corrected chi connectivity index (χ0v) is 44.0. The molecular weight excluding hydrogens is 997 g/mol. The van der Waals surface area contributed by atoms with E-state index in [0.717, 1.165) is 71.7 Å². The zero-order valence-electron chi connectivity index (χ0n) is 42.4. The van der Waals surface area contributed by atoms with Gasteiger partial charge in [0.05, 0.1) is 64.0 Å². The van der Waals surface area contributed by atoms with E-state index in [0.29, 0.717) is 110 Å². The Bertz CT molecular complexity index is 2300. The number of nitrogens with one attached hydrogen (secondary N) is 2. The molecule has 21 heteroatoms. The van der Waals surface area contributed by atoms with E-state index in [4.69, 9.17) is 9.97 Å². The Morgan fingerprint density at radius 1 is 0.384 bits per heavy atom. The van der Waals surface area contributed by atoms with Crippen molar-refractivity contribution in [3.63, 3.8) is 0 Å². The Labute approximate surface area is 436 Å². The number of aromatic nitrogens is 4. The molecule has 0 saturated carbocycles. The summed E-state index contributed by atoms with van der Waals surface area (Å²) in [4.78, 5) is 106. The summed E-state index contributed by atoms with van der Waals surface area (Å²) in [6.07, 6.45) is 0. The summed E-state index contributed by atoms with van der Waals surface area (Å²) < 4.78 is 0. The summed E-state index contributed by atoms with van der Waals surface area (Å²) >= 11 is 3.12. The lowest BCUT2D eigenvalue weighted by Gasteiger charge is -2.35. The average Bonchev–Trinajstić information content (AvgIpc) is 3.39. The van der Waals surface area contributed by atoms with Crippen LogP contribution in [0.15, 0.2) is 72.8 Å². The minimum absolute atomic E-state index is 0.0337. The van der Waals surface area contributed by atoms with Crippen molar-refractivity contribution in [1.82, 2.24) is 69.8 Å². The van der Waals surface area contributed by atoms with E-state index >= 15 is 0 Å². The molecule has 0 aromatic carbocycles. The summed E-state index contributed by atoms with van der Waals surface area (Å²) in [5.74, 6) is 0.335. The van der Waals surface area contributed by atoms with Gasteiger partial charge in [0.15, 0.2) is 0 Å². The van der Waals surface area contributed by atoms with Crippen LogP contribution < -0.4 is 10.6 Å². The van der Waals surface area contributed by atoms with Gasteiger partial charge in [-0.3, -0.25) is 58.5 Å².